The zero-order valence-corrected chi connectivity index (χ0v) is 12.4. The van der Waals surface area contributed by atoms with Crippen LogP contribution in [0.5, 0.6) is 0 Å². The lowest BCUT2D eigenvalue weighted by molar-refractivity contribution is -0.136. The first-order valence-electron chi connectivity index (χ1n) is 5.27. The molecule has 2 N–H and O–H groups in total. The van der Waals surface area contributed by atoms with Crippen molar-refractivity contribution in [3.8, 4) is 12.3 Å². The minimum absolute atomic E-state index is 0.130. The van der Waals surface area contributed by atoms with Gasteiger partial charge in [0, 0.05) is 17.2 Å². The molecule has 8 heteroatoms. The van der Waals surface area contributed by atoms with E-state index in [1.807, 2.05) is 0 Å². The van der Waals surface area contributed by atoms with E-state index in [0.717, 1.165) is 11.3 Å². The van der Waals surface area contributed by atoms with Crippen molar-refractivity contribution in [1.82, 2.24) is 4.72 Å². The van der Waals surface area contributed by atoms with Crippen molar-refractivity contribution in [3.63, 3.8) is 0 Å². The predicted molar refractivity (Wildman–Crippen MR) is 77.0 cm³/mol. The van der Waals surface area contributed by atoms with Crippen molar-refractivity contribution < 1.29 is 18.3 Å². The number of carboxylic acid groups (broad SMARTS) is 1. The molecule has 0 spiro atoms. The van der Waals surface area contributed by atoms with Crippen LogP contribution in [0.15, 0.2) is 16.3 Å². The molecule has 0 aliphatic rings. The lowest BCUT2D eigenvalue weighted by Crippen LogP contribution is -2.25. The predicted octanol–water partition coefficient (Wildman–Crippen LogP) is 1.02. The fourth-order valence-corrected chi connectivity index (χ4v) is 4.26. The molecule has 0 aromatic carbocycles. The van der Waals surface area contributed by atoms with E-state index in [0.29, 0.717) is 22.9 Å². The smallest absolute Gasteiger partial charge is 0.308 e. The van der Waals surface area contributed by atoms with Gasteiger partial charge in [-0.1, -0.05) is 5.92 Å². The Kier molecular flexibility index (Phi) is 6.37. The van der Waals surface area contributed by atoms with E-state index in [1.54, 1.807) is 0 Å². The molecule has 1 aromatic heterocycles. The summed E-state index contributed by atoms with van der Waals surface area (Å²) in [6.45, 7) is 0.293. The van der Waals surface area contributed by atoms with Crippen molar-refractivity contribution in [2.24, 2.45) is 0 Å². The van der Waals surface area contributed by atoms with Gasteiger partial charge in [0.15, 0.2) is 0 Å². The molecule has 1 aromatic rings. The molecule has 1 rings (SSSR count). The Morgan fingerprint density at radius 1 is 1.53 bits per heavy atom. The highest BCUT2D eigenvalue weighted by atomic mass is 32.2. The minimum atomic E-state index is -3.55. The van der Waals surface area contributed by atoms with Crippen LogP contribution in [0.25, 0.3) is 0 Å². The Balaban J connectivity index is 2.55. The molecule has 0 unspecified atom stereocenters. The largest absolute Gasteiger partial charge is 0.481 e. The zero-order valence-electron chi connectivity index (χ0n) is 9.96. The van der Waals surface area contributed by atoms with E-state index in [1.165, 1.54) is 23.9 Å². The van der Waals surface area contributed by atoms with Crippen LogP contribution in [-0.4, -0.2) is 37.5 Å². The number of hydrogen-bond donors (Lipinski definition) is 2. The van der Waals surface area contributed by atoms with Crippen molar-refractivity contribution in [2.45, 2.75) is 10.6 Å². The molecule has 0 fully saturated rings. The van der Waals surface area contributed by atoms with E-state index < -0.39 is 16.0 Å². The molecule has 0 aliphatic heterocycles. The lowest BCUT2D eigenvalue weighted by atomic mass is 10.3. The van der Waals surface area contributed by atoms with Crippen LogP contribution < -0.4 is 4.72 Å². The summed E-state index contributed by atoms with van der Waals surface area (Å²) >= 11 is 2.43. The number of nitrogens with one attached hydrogen (secondary N) is 1. The molecule has 0 bridgehead atoms. The Hall–Kier alpha value is -1.01. The quantitative estimate of drug-likeness (QED) is 0.552. The number of aliphatic carboxylic acids is 1. The first-order valence-corrected chi connectivity index (χ1v) is 8.72. The normalized spacial score (nSPS) is 11.1. The molecule has 0 amide bonds. The van der Waals surface area contributed by atoms with Gasteiger partial charge in [-0.15, -0.1) is 29.5 Å². The average Bonchev–Trinajstić information content (AvgIpc) is 2.77. The third-order valence-electron chi connectivity index (χ3n) is 1.95. The third-order valence-corrected chi connectivity index (χ3v) is 5.85. The summed E-state index contributed by atoms with van der Waals surface area (Å²) in [6, 6.07) is 2.93. The van der Waals surface area contributed by atoms with E-state index in [9.17, 15) is 13.2 Å². The Labute approximate surface area is 120 Å². The van der Waals surface area contributed by atoms with Crippen LogP contribution in [0.2, 0.25) is 0 Å². The van der Waals surface area contributed by atoms with Crippen LogP contribution in [0.1, 0.15) is 4.88 Å². The van der Waals surface area contributed by atoms with Gasteiger partial charge in [0.2, 0.25) is 10.0 Å². The molecule has 5 nitrogen and oxygen atoms in total. The van der Waals surface area contributed by atoms with Crippen molar-refractivity contribution in [3.05, 3.63) is 17.0 Å². The van der Waals surface area contributed by atoms with Gasteiger partial charge in [-0.3, -0.25) is 4.79 Å². The van der Waals surface area contributed by atoms with Gasteiger partial charge >= 0.3 is 5.97 Å². The number of thiophene rings is 1. The molecule has 19 heavy (non-hydrogen) atoms. The number of rotatable bonds is 8. The standard InChI is InChI=1S/C11H13NO4S3/c1-2-6-17-7-5-12-19(15,16)11-4-3-9(18-11)8-10(13)14/h1,3-4,12H,5-8H2,(H,13,14). The van der Waals surface area contributed by atoms with Gasteiger partial charge in [0.05, 0.1) is 12.2 Å². The molecule has 0 aliphatic carbocycles. The van der Waals surface area contributed by atoms with Crippen molar-refractivity contribution in [2.75, 3.05) is 18.1 Å². The topological polar surface area (TPSA) is 83.5 Å². The second-order valence-corrected chi connectivity index (χ2v) is 7.71. The van der Waals surface area contributed by atoms with Gasteiger partial charge < -0.3 is 5.11 Å². The summed E-state index contributed by atoms with van der Waals surface area (Å²) in [5.74, 6) is 2.61. The number of carboxylic acids is 1. The highest BCUT2D eigenvalue weighted by Crippen LogP contribution is 2.21. The van der Waals surface area contributed by atoms with Crippen LogP contribution in [-0.2, 0) is 21.2 Å². The number of hydrogen-bond acceptors (Lipinski definition) is 5. The maximum absolute atomic E-state index is 11.9. The summed E-state index contributed by atoms with van der Waals surface area (Å²) in [6.07, 6.45) is 4.91. The summed E-state index contributed by atoms with van der Waals surface area (Å²) in [5, 5.41) is 8.63. The van der Waals surface area contributed by atoms with Crippen molar-refractivity contribution in [1.29, 1.82) is 0 Å². The Morgan fingerprint density at radius 3 is 2.89 bits per heavy atom. The van der Waals surface area contributed by atoms with Crippen LogP contribution in [0.4, 0.5) is 0 Å². The maximum atomic E-state index is 11.9. The molecular formula is C11H13NO4S3. The highest BCUT2D eigenvalue weighted by molar-refractivity contribution is 7.99. The number of carbonyl (C=O) groups is 1. The monoisotopic (exact) mass is 319 g/mol. The van der Waals surface area contributed by atoms with E-state index in [-0.39, 0.29) is 10.6 Å². The maximum Gasteiger partial charge on any atom is 0.308 e. The second-order valence-electron chi connectivity index (χ2n) is 3.45. The molecule has 0 saturated carbocycles. The van der Waals surface area contributed by atoms with Crippen molar-refractivity contribution >= 4 is 39.1 Å². The summed E-state index contributed by atoms with van der Waals surface area (Å²) in [7, 11) is -3.55. The first kappa shape index (κ1) is 16.0. The molecular weight excluding hydrogens is 306 g/mol. The van der Waals surface area contributed by atoms with Crippen LogP contribution >= 0.6 is 23.1 Å². The fraction of sp³-hybridized carbons (Fsp3) is 0.364. The second kappa shape index (κ2) is 7.55. The summed E-state index contributed by atoms with van der Waals surface area (Å²) in [4.78, 5) is 11.0. The van der Waals surface area contributed by atoms with Gasteiger partial charge in [0.25, 0.3) is 0 Å². The molecule has 0 saturated heterocycles. The Bertz CT molecular complexity index is 571. The minimum Gasteiger partial charge on any atom is -0.481 e. The first-order chi connectivity index (χ1) is 8.95. The van der Waals surface area contributed by atoms with Crippen LogP contribution in [0, 0.1) is 12.3 Å². The summed E-state index contributed by atoms with van der Waals surface area (Å²) in [5.41, 5.74) is 0. The number of thioether (sulfide) groups is 1. The average molecular weight is 319 g/mol. The van der Waals surface area contributed by atoms with Crippen LogP contribution in [0.3, 0.4) is 0 Å². The SMILES string of the molecule is C#CCSCCNS(=O)(=O)c1ccc(CC(=O)O)s1. The molecule has 1 heterocycles. The van der Waals surface area contributed by atoms with E-state index in [2.05, 4.69) is 10.6 Å². The number of terminal acetylenes is 1. The van der Waals surface area contributed by atoms with Gasteiger partial charge in [0.1, 0.15) is 4.21 Å². The van der Waals surface area contributed by atoms with E-state index in [4.69, 9.17) is 11.5 Å². The Morgan fingerprint density at radius 2 is 2.26 bits per heavy atom. The van der Waals surface area contributed by atoms with Gasteiger partial charge in [-0.05, 0) is 12.1 Å². The number of sulfonamides is 1. The highest BCUT2D eigenvalue weighted by Gasteiger charge is 2.16. The fourth-order valence-electron chi connectivity index (χ4n) is 1.20. The summed E-state index contributed by atoms with van der Waals surface area (Å²) < 4.78 is 26.3. The molecule has 0 radical (unpaired) electrons. The molecule has 0 atom stereocenters. The third kappa shape index (κ3) is 5.65. The van der Waals surface area contributed by atoms with Gasteiger partial charge in [-0.2, -0.15) is 0 Å². The van der Waals surface area contributed by atoms with E-state index >= 15 is 0 Å². The van der Waals surface area contributed by atoms with Gasteiger partial charge in [-0.25, -0.2) is 13.1 Å². The lowest BCUT2D eigenvalue weighted by Gasteiger charge is -2.03. The zero-order chi connectivity index (χ0) is 14.3. The molecule has 104 valence electrons.